The van der Waals surface area contributed by atoms with Gasteiger partial charge in [0.25, 0.3) is 11.7 Å². The van der Waals surface area contributed by atoms with Crippen LogP contribution in [0.25, 0.3) is 5.82 Å². The summed E-state index contributed by atoms with van der Waals surface area (Å²) < 4.78 is 5.68. The highest BCUT2D eigenvalue weighted by atomic mass is 16.5. The number of carbonyl (C=O) groups is 2. The number of rotatable bonds is 3. The van der Waals surface area contributed by atoms with E-state index < -0.39 is 11.9 Å². The third-order valence-corrected chi connectivity index (χ3v) is 2.28. The Labute approximate surface area is 107 Å². The summed E-state index contributed by atoms with van der Waals surface area (Å²) in [5, 5.41) is 3.86. The van der Waals surface area contributed by atoms with Crippen LogP contribution in [0.4, 0.5) is 5.69 Å². The van der Waals surface area contributed by atoms with E-state index in [4.69, 9.17) is 11.5 Å². The van der Waals surface area contributed by atoms with Crippen molar-refractivity contribution in [2.45, 2.75) is 0 Å². The molecule has 2 aromatic rings. The first kappa shape index (κ1) is 12.5. The second-order valence-corrected chi connectivity index (χ2v) is 3.50. The lowest BCUT2D eigenvalue weighted by Gasteiger charge is -2.04. The lowest BCUT2D eigenvalue weighted by Crippen LogP contribution is -2.15. The van der Waals surface area contributed by atoms with E-state index in [1.165, 1.54) is 30.4 Å². The van der Waals surface area contributed by atoms with Crippen molar-refractivity contribution in [3.8, 4) is 5.82 Å². The first-order valence-corrected chi connectivity index (χ1v) is 5.08. The van der Waals surface area contributed by atoms with Crippen molar-refractivity contribution < 1.29 is 14.3 Å². The van der Waals surface area contributed by atoms with E-state index in [-0.39, 0.29) is 22.9 Å². The topological polar surface area (TPSA) is 139 Å². The number of nitrogens with two attached hydrogens (primary N) is 2. The van der Waals surface area contributed by atoms with Crippen molar-refractivity contribution in [3.63, 3.8) is 0 Å². The SMILES string of the molecule is COC(=O)c1ncn(-c2cc(C(N)=O)c(N)cn2)n1. The highest BCUT2D eigenvalue weighted by Gasteiger charge is 2.14. The number of hydrogen-bond acceptors (Lipinski definition) is 7. The van der Waals surface area contributed by atoms with Crippen LogP contribution in [0.1, 0.15) is 21.0 Å². The van der Waals surface area contributed by atoms with E-state index in [1.807, 2.05) is 0 Å². The van der Waals surface area contributed by atoms with Gasteiger partial charge >= 0.3 is 5.97 Å². The zero-order chi connectivity index (χ0) is 14.0. The molecule has 0 unspecified atom stereocenters. The summed E-state index contributed by atoms with van der Waals surface area (Å²) in [7, 11) is 1.22. The van der Waals surface area contributed by atoms with Gasteiger partial charge in [0.1, 0.15) is 6.33 Å². The monoisotopic (exact) mass is 262 g/mol. The molecule has 0 aliphatic heterocycles. The van der Waals surface area contributed by atoms with E-state index in [9.17, 15) is 9.59 Å². The van der Waals surface area contributed by atoms with E-state index in [2.05, 4.69) is 19.8 Å². The fourth-order valence-electron chi connectivity index (χ4n) is 1.35. The van der Waals surface area contributed by atoms with Gasteiger partial charge in [-0.25, -0.2) is 19.4 Å². The van der Waals surface area contributed by atoms with Gasteiger partial charge in [-0.2, -0.15) is 0 Å². The molecule has 0 atom stereocenters. The molecular formula is C10H10N6O3. The van der Waals surface area contributed by atoms with Gasteiger partial charge in [-0.3, -0.25) is 4.79 Å². The van der Waals surface area contributed by atoms with E-state index in [0.717, 1.165) is 0 Å². The molecule has 0 fully saturated rings. The van der Waals surface area contributed by atoms with Crippen LogP contribution in [-0.2, 0) is 4.74 Å². The van der Waals surface area contributed by atoms with Crippen molar-refractivity contribution in [1.82, 2.24) is 19.7 Å². The van der Waals surface area contributed by atoms with Crippen molar-refractivity contribution >= 4 is 17.6 Å². The minimum Gasteiger partial charge on any atom is -0.463 e. The van der Waals surface area contributed by atoms with Gasteiger partial charge in [0.05, 0.1) is 24.6 Å². The standard InChI is InChI=1S/C10H10N6O3/c1-19-10(18)9-14-4-16(15-9)7-2-5(8(12)17)6(11)3-13-7/h2-4H,11H2,1H3,(H2,12,17). The largest absolute Gasteiger partial charge is 0.463 e. The molecule has 2 heterocycles. The number of pyridine rings is 1. The predicted octanol–water partition coefficient (Wildman–Crippen LogP) is -0.870. The van der Waals surface area contributed by atoms with Crippen LogP contribution in [0, 0.1) is 0 Å². The molecule has 4 N–H and O–H groups in total. The smallest absolute Gasteiger partial charge is 0.377 e. The number of aromatic nitrogens is 4. The fraction of sp³-hybridized carbons (Fsp3) is 0.100. The van der Waals surface area contributed by atoms with Gasteiger partial charge in [-0.05, 0) is 6.07 Å². The Kier molecular flexibility index (Phi) is 3.10. The number of primary amides is 1. The maximum absolute atomic E-state index is 11.2. The van der Waals surface area contributed by atoms with Gasteiger partial charge in [-0.1, -0.05) is 0 Å². The first-order valence-electron chi connectivity index (χ1n) is 5.08. The summed E-state index contributed by atoms with van der Waals surface area (Å²) >= 11 is 0. The van der Waals surface area contributed by atoms with Crippen molar-refractivity contribution in [3.05, 3.63) is 30.0 Å². The highest BCUT2D eigenvalue weighted by Crippen LogP contribution is 2.13. The van der Waals surface area contributed by atoms with E-state index >= 15 is 0 Å². The predicted molar refractivity (Wildman–Crippen MR) is 63.4 cm³/mol. The van der Waals surface area contributed by atoms with Crippen LogP contribution in [0.15, 0.2) is 18.6 Å². The molecule has 0 saturated heterocycles. The third-order valence-electron chi connectivity index (χ3n) is 2.28. The number of nitrogens with zero attached hydrogens (tertiary/aromatic N) is 4. The highest BCUT2D eigenvalue weighted by molar-refractivity contribution is 5.98. The van der Waals surface area contributed by atoms with Crippen LogP contribution >= 0.6 is 0 Å². The minimum absolute atomic E-state index is 0.111. The fourth-order valence-corrected chi connectivity index (χ4v) is 1.35. The lowest BCUT2D eigenvalue weighted by atomic mass is 10.2. The third kappa shape index (κ3) is 2.34. The average Bonchev–Trinajstić information content (AvgIpc) is 2.87. The normalized spacial score (nSPS) is 10.2. The molecule has 0 aliphatic rings. The number of hydrogen-bond donors (Lipinski definition) is 2. The van der Waals surface area contributed by atoms with Crippen LogP contribution in [0.5, 0.6) is 0 Å². The van der Waals surface area contributed by atoms with Crippen molar-refractivity contribution in [2.75, 3.05) is 12.8 Å². The van der Waals surface area contributed by atoms with Gasteiger partial charge in [-0.15, -0.1) is 5.10 Å². The summed E-state index contributed by atoms with van der Waals surface area (Å²) in [4.78, 5) is 30.1. The summed E-state index contributed by atoms with van der Waals surface area (Å²) in [6, 6.07) is 1.35. The minimum atomic E-state index is -0.686. The molecule has 19 heavy (non-hydrogen) atoms. The van der Waals surface area contributed by atoms with Crippen molar-refractivity contribution in [2.24, 2.45) is 5.73 Å². The number of nitrogen functional groups attached to an aromatic ring is 1. The number of methoxy groups -OCH3 is 1. The first-order chi connectivity index (χ1) is 9.02. The number of anilines is 1. The van der Waals surface area contributed by atoms with Gasteiger partial charge in [0, 0.05) is 0 Å². The van der Waals surface area contributed by atoms with Crippen LogP contribution in [0.3, 0.4) is 0 Å². The summed E-state index contributed by atoms with van der Waals surface area (Å²) in [6.45, 7) is 0. The molecule has 9 nitrogen and oxygen atoms in total. The van der Waals surface area contributed by atoms with Crippen LogP contribution in [0.2, 0.25) is 0 Å². The summed E-state index contributed by atoms with van der Waals surface area (Å²) in [6.07, 6.45) is 2.53. The Morgan fingerprint density at radius 2 is 2.11 bits per heavy atom. The molecular weight excluding hydrogens is 252 g/mol. The zero-order valence-electron chi connectivity index (χ0n) is 9.90. The quantitative estimate of drug-likeness (QED) is 0.685. The number of ether oxygens (including phenoxy) is 1. The molecule has 2 aromatic heterocycles. The summed E-state index contributed by atoms with van der Waals surface area (Å²) in [5.41, 5.74) is 11.0. The second kappa shape index (κ2) is 4.72. The molecule has 9 heteroatoms. The van der Waals surface area contributed by atoms with Gasteiger partial charge < -0.3 is 16.2 Å². The van der Waals surface area contributed by atoms with Crippen molar-refractivity contribution in [1.29, 1.82) is 0 Å². The van der Waals surface area contributed by atoms with Crippen LogP contribution < -0.4 is 11.5 Å². The Morgan fingerprint density at radius 3 is 2.74 bits per heavy atom. The van der Waals surface area contributed by atoms with E-state index in [1.54, 1.807) is 0 Å². The number of carbonyl (C=O) groups excluding carboxylic acids is 2. The second-order valence-electron chi connectivity index (χ2n) is 3.50. The number of esters is 1. The summed E-state index contributed by atoms with van der Waals surface area (Å²) in [5.74, 6) is -1.23. The van der Waals surface area contributed by atoms with Gasteiger partial charge in [0.15, 0.2) is 5.82 Å². The Morgan fingerprint density at radius 1 is 1.37 bits per heavy atom. The Hall–Kier alpha value is -2.97. The zero-order valence-corrected chi connectivity index (χ0v) is 9.90. The van der Waals surface area contributed by atoms with Crippen LogP contribution in [-0.4, -0.2) is 38.7 Å². The Bertz CT molecular complexity index is 650. The molecule has 98 valence electrons. The molecule has 2 rings (SSSR count). The molecule has 0 radical (unpaired) electrons. The number of amides is 1. The Balaban J connectivity index is 2.42. The molecule has 0 spiro atoms. The molecule has 0 aromatic carbocycles. The molecule has 0 saturated carbocycles. The molecule has 0 aliphatic carbocycles. The maximum Gasteiger partial charge on any atom is 0.377 e. The maximum atomic E-state index is 11.2. The lowest BCUT2D eigenvalue weighted by molar-refractivity contribution is 0.0586. The average molecular weight is 262 g/mol. The molecule has 0 bridgehead atoms. The van der Waals surface area contributed by atoms with Gasteiger partial charge in [0.2, 0.25) is 0 Å². The molecule has 1 amide bonds. The van der Waals surface area contributed by atoms with E-state index in [0.29, 0.717) is 0 Å².